The summed E-state index contributed by atoms with van der Waals surface area (Å²) in [7, 11) is 0. The molecule has 0 heterocycles. The fraction of sp³-hybridized carbons (Fsp3) is 0.345. The zero-order valence-corrected chi connectivity index (χ0v) is 20.2. The van der Waals surface area contributed by atoms with Crippen molar-refractivity contribution in [2.75, 3.05) is 6.61 Å². The standard InChI is InChI=1S/C29H36N2O/c1-6-26-17-25(13-10-14-32-19-24-11-8-7-9-12-24)18-28(23(26)5)31-29(30)27-15-20(2)22(4)21(3)16-27/h7-9,11-12,15-18H,6,10,13-14,19H2,1-5H3,(H2,30,31). The Morgan fingerprint density at radius 2 is 1.56 bits per heavy atom. The van der Waals surface area contributed by atoms with Gasteiger partial charge in [-0.1, -0.05) is 43.3 Å². The second-order valence-corrected chi connectivity index (χ2v) is 8.63. The number of hydrogen-bond acceptors (Lipinski definition) is 2. The van der Waals surface area contributed by atoms with Crippen LogP contribution in [0.4, 0.5) is 5.69 Å². The van der Waals surface area contributed by atoms with Crippen molar-refractivity contribution in [1.29, 1.82) is 0 Å². The first-order valence-electron chi connectivity index (χ1n) is 11.6. The molecule has 32 heavy (non-hydrogen) atoms. The van der Waals surface area contributed by atoms with Crippen LogP contribution in [0, 0.1) is 27.7 Å². The van der Waals surface area contributed by atoms with Gasteiger partial charge in [0.2, 0.25) is 0 Å². The molecule has 3 heteroatoms. The minimum absolute atomic E-state index is 0.574. The van der Waals surface area contributed by atoms with Crippen LogP contribution in [0.15, 0.2) is 59.6 Å². The molecule has 0 spiro atoms. The number of ether oxygens (including phenoxy) is 1. The van der Waals surface area contributed by atoms with Crippen molar-refractivity contribution in [3.05, 3.63) is 99.1 Å². The first-order valence-corrected chi connectivity index (χ1v) is 11.6. The highest BCUT2D eigenvalue weighted by atomic mass is 16.5. The van der Waals surface area contributed by atoms with Crippen molar-refractivity contribution in [1.82, 2.24) is 0 Å². The molecule has 0 bridgehead atoms. The molecule has 0 saturated heterocycles. The van der Waals surface area contributed by atoms with E-state index in [1.165, 1.54) is 38.9 Å². The Morgan fingerprint density at radius 1 is 0.875 bits per heavy atom. The first-order chi connectivity index (χ1) is 15.4. The van der Waals surface area contributed by atoms with Gasteiger partial charge in [0.1, 0.15) is 5.84 Å². The van der Waals surface area contributed by atoms with Gasteiger partial charge in [-0.3, -0.25) is 0 Å². The third-order valence-corrected chi connectivity index (χ3v) is 6.26. The van der Waals surface area contributed by atoms with E-state index in [0.29, 0.717) is 12.4 Å². The number of aliphatic imine (C=N–C) groups is 1. The molecule has 3 nitrogen and oxygen atoms in total. The third-order valence-electron chi connectivity index (χ3n) is 6.26. The summed E-state index contributed by atoms with van der Waals surface area (Å²) in [6.45, 7) is 12.1. The summed E-state index contributed by atoms with van der Waals surface area (Å²) in [6, 6.07) is 19.1. The minimum atomic E-state index is 0.574. The summed E-state index contributed by atoms with van der Waals surface area (Å²) >= 11 is 0. The average Bonchev–Trinajstić information content (AvgIpc) is 2.79. The molecule has 0 aliphatic carbocycles. The monoisotopic (exact) mass is 428 g/mol. The number of rotatable bonds is 9. The van der Waals surface area contributed by atoms with E-state index in [-0.39, 0.29) is 0 Å². The Bertz CT molecular complexity index is 1060. The highest BCUT2D eigenvalue weighted by Crippen LogP contribution is 2.27. The van der Waals surface area contributed by atoms with Gasteiger partial charge in [0.15, 0.2) is 0 Å². The van der Waals surface area contributed by atoms with Crippen LogP contribution in [0.1, 0.15) is 57.9 Å². The molecule has 3 aromatic carbocycles. The molecule has 0 saturated carbocycles. The zero-order chi connectivity index (χ0) is 23.1. The van der Waals surface area contributed by atoms with Gasteiger partial charge < -0.3 is 10.5 Å². The van der Waals surface area contributed by atoms with Gasteiger partial charge in [-0.25, -0.2) is 4.99 Å². The topological polar surface area (TPSA) is 47.6 Å². The Balaban J connectivity index is 1.72. The highest BCUT2D eigenvalue weighted by molar-refractivity contribution is 5.99. The molecule has 2 N–H and O–H groups in total. The van der Waals surface area contributed by atoms with Crippen LogP contribution in [0.5, 0.6) is 0 Å². The van der Waals surface area contributed by atoms with E-state index in [2.05, 4.69) is 71.0 Å². The third kappa shape index (κ3) is 6.08. The van der Waals surface area contributed by atoms with Crippen LogP contribution in [0.3, 0.4) is 0 Å². The molecule has 0 aromatic heterocycles. The SMILES string of the molecule is CCc1cc(CCCOCc2ccccc2)cc(N=C(N)c2cc(C)c(C)c(C)c2)c1C. The zero-order valence-electron chi connectivity index (χ0n) is 20.2. The molecule has 3 rings (SSSR count). The van der Waals surface area contributed by atoms with Gasteiger partial charge in [-0.15, -0.1) is 0 Å². The number of nitrogens with zero attached hydrogens (tertiary/aromatic N) is 1. The lowest BCUT2D eigenvalue weighted by atomic mass is 9.98. The van der Waals surface area contributed by atoms with E-state index < -0.39 is 0 Å². The van der Waals surface area contributed by atoms with Crippen molar-refractivity contribution in [3.8, 4) is 0 Å². The predicted molar refractivity (Wildman–Crippen MR) is 136 cm³/mol. The molecular formula is C29H36N2O. The van der Waals surface area contributed by atoms with Gasteiger partial charge in [0, 0.05) is 12.2 Å². The molecule has 0 aliphatic heterocycles. The highest BCUT2D eigenvalue weighted by Gasteiger charge is 2.09. The van der Waals surface area contributed by atoms with Crippen LogP contribution in [0.25, 0.3) is 0 Å². The Morgan fingerprint density at radius 3 is 2.22 bits per heavy atom. The van der Waals surface area contributed by atoms with Crippen LogP contribution in [-0.2, 0) is 24.2 Å². The van der Waals surface area contributed by atoms with Crippen molar-refractivity contribution in [2.24, 2.45) is 10.7 Å². The minimum Gasteiger partial charge on any atom is -0.383 e. The molecule has 0 amide bonds. The summed E-state index contributed by atoms with van der Waals surface area (Å²) in [5, 5.41) is 0. The Kier molecular flexibility index (Phi) is 8.24. The fourth-order valence-corrected chi connectivity index (χ4v) is 3.97. The molecule has 0 atom stereocenters. The smallest absolute Gasteiger partial charge is 0.131 e. The van der Waals surface area contributed by atoms with Crippen LogP contribution in [0.2, 0.25) is 0 Å². The molecule has 3 aromatic rings. The fourth-order valence-electron chi connectivity index (χ4n) is 3.97. The molecule has 0 unspecified atom stereocenters. The predicted octanol–water partition coefficient (Wildman–Crippen LogP) is 6.67. The number of amidine groups is 1. The maximum absolute atomic E-state index is 6.45. The van der Waals surface area contributed by atoms with Crippen molar-refractivity contribution >= 4 is 11.5 Å². The van der Waals surface area contributed by atoms with Gasteiger partial charge in [-0.2, -0.15) is 0 Å². The molecule has 0 radical (unpaired) electrons. The maximum atomic E-state index is 6.45. The summed E-state index contributed by atoms with van der Waals surface area (Å²) < 4.78 is 5.86. The van der Waals surface area contributed by atoms with Crippen molar-refractivity contribution in [3.63, 3.8) is 0 Å². The second-order valence-electron chi connectivity index (χ2n) is 8.63. The lowest BCUT2D eigenvalue weighted by molar-refractivity contribution is 0.118. The van der Waals surface area contributed by atoms with E-state index in [4.69, 9.17) is 15.5 Å². The Hall–Kier alpha value is -2.91. The number of nitrogens with two attached hydrogens (primary N) is 1. The van der Waals surface area contributed by atoms with Crippen LogP contribution < -0.4 is 5.73 Å². The number of aryl methyl sites for hydroxylation is 4. The van der Waals surface area contributed by atoms with Gasteiger partial charge >= 0.3 is 0 Å². The largest absolute Gasteiger partial charge is 0.383 e. The summed E-state index contributed by atoms with van der Waals surface area (Å²) in [4.78, 5) is 4.86. The lowest BCUT2D eigenvalue weighted by Crippen LogP contribution is -2.14. The lowest BCUT2D eigenvalue weighted by Gasteiger charge is -2.13. The normalized spacial score (nSPS) is 11.7. The van der Waals surface area contributed by atoms with Crippen molar-refractivity contribution in [2.45, 2.75) is 60.5 Å². The van der Waals surface area contributed by atoms with Crippen LogP contribution >= 0.6 is 0 Å². The molecular weight excluding hydrogens is 392 g/mol. The summed E-state index contributed by atoms with van der Waals surface area (Å²) in [6.07, 6.45) is 2.93. The quantitative estimate of drug-likeness (QED) is 0.235. The number of hydrogen-bond donors (Lipinski definition) is 1. The van der Waals surface area contributed by atoms with E-state index in [0.717, 1.165) is 37.1 Å². The molecule has 0 aliphatic rings. The molecule has 0 fully saturated rings. The van der Waals surface area contributed by atoms with Gasteiger partial charge in [-0.05, 0) is 104 Å². The first kappa shape index (κ1) is 23.7. The molecule has 168 valence electrons. The summed E-state index contributed by atoms with van der Waals surface area (Å²) in [5.74, 6) is 0.574. The summed E-state index contributed by atoms with van der Waals surface area (Å²) in [5.41, 5.74) is 17.2. The van der Waals surface area contributed by atoms with E-state index in [1.54, 1.807) is 0 Å². The van der Waals surface area contributed by atoms with Crippen LogP contribution in [-0.4, -0.2) is 12.4 Å². The van der Waals surface area contributed by atoms with Crippen molar-refractivity contribution < 1.29 is 4.74 Å². The van der Waals surface area contributed by atoms with E-state index in [9.17, 15) is 0 Å². The average molecular weight is 429 g/mol. The van der Waals surface area contributed by atoms with E-state index in [1.807, 2.05) is 18.2 Å². The van der Waals surface area contributed by atoms with E-state index >= 15 is 0 Å². The second kappa shape index (κ2) is 11.1. The van der Waals surface area contributed by atoms with Gasteiger partial charge in [0.25, 0.3) is 0 Å². The number of benzene rings is 3. The maximum Gasteiger partial charge on any atom is 0.131 e. The Labute approximate surface area is 193 Å². The van der Waals surface area contributed by atoms with Gasteiger partial charge in [0.05, 0.1) is 12.3 Å².